The molecular weight excluding hydrogens is 380 g/mol. The average molecular weight is 413 g/mol. The predicted octanol–water partition coefficient (Wildman–Crippen LogP) is 2.23. The number of aromatic amines is 1. The van der Waals surface area contributed by atoms with Crippen molar-refractivity contribution in [1.29, 1.82) is 0 Å². The standard InChI is InChI=1S/C23H32N4O3/c1-15-16(2)25-22-19(15)5-4-6-20(22)23(29)24-14-18-8-7-17(26(18)3)13-21(28)27-9-11-30-12-10-27/h4-6,17-18,25H,7-14H2,1-3H3,(H,24,29)/t17-,18+/m1/s1. The van der Waals surface area contributed by atoms with Crippen LogP contribution in [-0.2, 0) is 9.53 Å². The summed E-state index contributed by atoms with van der Waals surface area (Å²) < 4.78 is 5.34. The van der Waals surface area contributed by atoms with Crippen molar-refractivity contribution in [3.63, 3.8) is 0 Å². The Morgan fingerprint density at radius 1 is 1.17 bits per heavy atom. The minimum Gasteiger partial charge on any atom is -0.378 e. The van der Waals surface area contributed by atoms with Crippen LogP contribution in [0.1, 0.15) is 40.9 Å². The van der Waals surface area contributed by atoms with Gasteiger partial charge in [-0.15, -0.1) is 0 Å². The number of nitrogens with zero attached hydrogens (tertiary/aromatic N) is 2. The van der Waals surface area contributed by atoms with Gasteiger partial charge in [0.05, 0.1) is 24.3 Å². The number of hydrogen-bond donors (Lipinski definition) is 2. The van der Waals surface area contributed by atoms with E-state index in [1.807, 2.05) is 30.0 Å². The van der Waals surface area contributed by atoms with Crippen molar-refractivity contribution in [3.05, 3.63) is 35.0 Å². The van der Waals surface area contributed by atoms with Gasteiger partial charge in [0.25, 0.3) is 5.91 Å². The lowest BCUT2D eigenvalue weighted by Gasteiger charge is -2.30. The zero-order valence-corrected chi connectivity index (χ0v) is 18.2. The summed E-state index contributed by atoms with van der Waals surface area (Å²) in [5.41, 5.74) is 3.86. The number of rotatable bonds is 5. The molecule has 1 aromatic heterocycles. The summed E-state index contributed by atoms with van der Waals surface area (Å²) >= 11 is 0. The summed E-state index contributed by atoms with van der Waals surface area (Å²) in [6.45, 7) is 7.34. The van der Waals surface area contributed by atoms with E-state index in [2.05, 4.69) is 29.2 Å². The number of carbonyl (C=O) groups excluding carboxylic acids is 2. The molecule has 7 heteroatoms. The minimum atomic E-state index is -0.0527. The van der Waals surface area contributed by atoms with Gasteiger partial charge in [0, 0.05) is 49.2 Å². The Hall–Kier alpha value is -2.38. The van der Waals surface area contributed by atoms with Crippen LogP contribution in [0.15, 0.2) is 18.2 Å². The molecule has 0 aliphatic carbocycles. The second-order valence-corrected chi connectivity index (χ2v) is 8.56. The summed E-state index contributed by atoms with van der Waals surface area (Å²) in [6, 6.07) is 6.34. The summed E-state index contributed by atoms with van der Waals surface area (Å²) in [5, 5.41) is 4.21. The monoisotopic (exact) mass is 412 g/mol. The maximum atomic E-state index is 12.9. The zero-order chi connectivity index (χ0) is 21.3. The Bertz CT molecular complexity index is 932. The highest BCUT2D eigenvalue weighted by molar-refractivity contribution is 6.06. The van der Waals surface area contributed by atoms with Gasteiger partial charge in [0.15, 0.2) is 0 Å². The highest BCUT2D eigenvalue weighted by atomic mass is 16.5. The second kappa shape index (κ2) is 8.78. The zero-order valence-electron chi connectivity index (χ0n) is 18.2. The van der Waals surface area contributed by atoms with Crippen LogP contribution in [-0.4, -0.2) is 78.6 Å². The van der Waals surface area contributed by atoms with E-state index in [1.165, 1.54) is 5.56 Å². The summed E-state index contributed by atoms with van der Waals surface area (Å²) in [7, 11) is 2.07. The Labute approximate surface area is 177 Å². The van der Waals surface area contributed by atoms with Crippen molar-refractivity contribution in [2.24, 2.45) is 0 Å². The second-order valence-electron chi connectivity index (χ2n) is 8.56. The van der Waals surface area contributed by atoms with Crippen LogP contribution in [0.3, 0.4) is 0 Å². The number of ether oxygens (including phenoxy) is 1. The quantitative estimate of drug-likeness (QED) is 0.790. The van der Waals surface area contributed by atoms with E-state index in [4.69, 9.17) is 4.74 Å². The van der Waals surface area contributed by atoms with Gasteiger partial charge >= 0.3 is 0 Å². The molecular formula is C23H32N4O3. The number of fused-ring (bicyclic) bond motifs is 1. The number of morpholine rings is 1. The molecule has 2 aliphatic heterocycles. The van der Waals surface area contributed by atoms with Crippen LogP contribution in [0.25, 0.3) is 10.9 Å². The van der Waals surface area contributed by atoms with Crippen LogP contribution in [0, 0.1) is 13.8 Å². The number of likely N-dealkylation sites (tertiary alicyclic amines) is 1. The molecule has 2 N–H and O–H groups in total. The van der Waals surface area contributed by atoms with Crippen LogP contribution in [0.4, 0.5) is 0 Å². The van der Waals surface area contributed by atoms with E-state index in [0.717, 1.165) is 29.4 Å². The molecule has 0 saturated carbocycles. The van der Waals surface area contributed by atoms with Gasteiger partial charge in [-0.05, 0) is 45.4 Å². The Morgan fingerprint density at radius 3 is 2.67 bits per heavy atom. The summed E-state index contributed by atoms with van der Waals surface area (Å²) in [4.78, 5) is 33.0. The number of aryl methyl sites for hydroxylation is 2. The molecule has 0 spiro atoms. The van der Waals surface area contributed by atoms with Crippen LogP contribution in [0.5, 0.6) is 0 Å². The molecule has 2 saturated heterocycles. The van der Waals surface area contributed by atoms with E-state index in [9.17, 15) is 9.59 Å². The lowest BCUT2D eigenvalue weighted by atomic mass is 10.1. The number of carbonyl (C=O) groups is 2. The Morgan fingerprint density at radius 2 is 1.90 bits per heavy atom. The van der Waals surface area contributed by atoms with E-state index in [0.29, 0.717) is 44.8 Å². The number of nitrogens with one attached hydrogen (secondary N) is 2. The lowest BCUT2D eigenvalue weighted by molar-refractivity contribution is -0.136. The third-order valence-electron chi connectivity index (χ3n) is 6.85. The van der Waals surface area contributed by atoms with Crippen molar-refractivity contribution in [2.45, 2.75) is 45.2 Å². The molecule has 0 unspecified atom stereocenters. The Kier molecular flexibility index (Phi) is 6.11. The molecule has 30 heavy (non-hydrogen) atoms. The fourth-order valence-electron chi connectivity index (χ4n) is 4.70. The first kappa shape index (κ1) is 20.9. The highest BCUT2D eigenvalue weighted by Gasteiger charge is 2.33. The smallest absolute Gasteiger partial charge is 0.253 e. The van der Waals surface area contributed by atoms with Gasteiger partial charge < -0.3 is 19.9 Å². The number of H-pyrrole nitrogens is 1. The topological polar surface area (TPSA) is 77.7 Å². The molecule has 2 aromatic rings. The van der Waals surface area contributed by atoms with Crippen molar-refractivity contribution in [2.75, 3.05) is 39.9 Å². The fourth-order valence-corrected chi connectivity index (χ4v) is 4.70. The van der Waals surface area contributed by atoms with Crippen molar-refractivity contribution >= 4 is 22.7 Å². The van der Waals surface area contributed by atoms with Crippen molar-refractivity contribution < 1.29 is 14.3 Å². The van der Waals surface area contributed by atoms with Crippen molar-refractivity contribution in [3.8, 4) is 0 Å². The van der Waals surface area contributed by atoms with Gasteiger partial charge in [-0.2, -0.15) is 0 Å². The van der Waals surface area contributed by atoms with E-state index in [1.54, 1.807) is 0 Å². The first-order valence-corrected chi connectivity index (χ1v) is 10.9. The maximum Gasteiger partial charge on any atom is 0.253 e. The molecule has 162 valence electrons. The molecule has 2 aliphatic rings. The SMILES string of the molecule is Cc1[nH]c2c(C(=O)NC[C@@H]3CC[C@H](CC(=O)N4CCOCC4)N3C)cccc2c1C. The van der Waals surface area contributed by atoms with Gasteiger partial charge in [-0.1, -0.05) is 12.1 Å². The number of hydrogen-bond acceptors (Lipinski definition) is 4. The van der Waals surface area contributed by atoms with E-state index < -0.39 is 0 Å². The molecule has 0 radical (unpaired) electrons. The van der Waals surface area contributed by atoms with Crippen LogP contribution >= 0.6 is 0 Å². The first-order valence-electron chi connectivity index (χ1n) is 10.9. The molecule has 2 amide bonds. The number of aromatic nitrogens is 1. The minimum absolute atomic E-state index is 0.0527. The summed E-state index contributed by atoms with van der Waals surface area (Å²) in [5.74, 6) is 0.159. The Balaban J connectivity index is 1.34. The number of likely N-dealkylation sites (N-methyl/N-ethyl adjacent to an activating group) is 1. The van der Waals surface area contributed by atoms with Gasteiger partial charge in [0.2, 0.25) is 5.91 Å². The van der Waals surface area contributed by atoms with E-state index in [-0.39, 0.29) is 23.9 Å². The summed E-state index contributed by atoms with van der Waals surface area (Å²) in [6.07, 6.45) is 2.52. The van der Waals surface area contributed by atoms with Gasteiger partial charge in [-0.3, -0.25) is 14.5 Å². The predicted molar refractivity (Wildman–Crippen MR) is 117 cm³/mol. The molecule has 4 rings (SSSR count). The fraction of sp³-hybridized carbons (Fsp3) is 0.565. The number of amides is 2. The molecule has 2 fully saturated rings. The molecule has 3 heterocycles. The molecule has 7 nitrogen and oxygen atoms in total. The first-order chi connectivity index (χ1) is 14.5. The third kappa shape index (κ3) is 4.09. The normalized spacial score (nSPS) is 22.6. The number of benzene rings is 1. The lowest BCUT2D eigenvalue weighted by Crippen LogP contribution is -2.45. The number of para-hydroxylation sites is 1. The average Bonchev–Trinajstić information content (AvgIpc) is 3.25. The third-order valence-corrected chi connectivity index (χ3v) is 6.85. The van der Waals surface area contributed by atoms with Gasteiger partial charge in [-0.25, -0.2) is 0 Å². The van der Waals surface area contributed by atoms with Crippen molar-refractivity contribution in [1.82, 2.24) is 20.1 Å². The molecule has 2 atom stereocenters. The van der Waals surface area contributed by atoms with Gasteiger partial charge in [0.1, 0.15) is 0 Å². The molecule has 0 bridgehead atoms. The maximum absolute atomic E-state index is 12.9. The van der Waals surface area contributed by atoms with Crippen LogP contribution in [0.2, 0.25) is 0 Å². The van der Waals surface area contributed by atoms with Crippen LogP contribution < -0.4 is 5.32 Å². The highest BCUT2D eigenvalue weighted by Crippen LogP contribution is 2.26. The van der Waals surface area contributed by atoms with E-state index >= 15 is 0 Å². The molecule has 1 aromatic carbocycles. The largest absolute Gasteiger partial charge is 0.378 e.